The minimum absolute atomic E-state index is 0.0572. The Morgan fingerprint density at radius 1 is 0.576 bits per heavy atom. The van der Waals surface area contributed by atoms with Crippen molar-refractivity contribution < 1.29 is 0 Å². The van der Waals surface area contributed by atoms with Gasteiger partial charge in [-0.05, 0) is 39.7 Å². The van der Waals surface area contributed by atoms with Gasteiger partial charge in [0.2, 0.25) is 0 Å². The predicted octanol–water partition coefficient (Wildman–Crippen LogP) is 7.20. The average molecular weight is 436 g/mol. The summed E-state index contributed by atoms with van der Waals surface area (Å²) in [6.07, 6.45) is 0. The van der Waals surface area contributed by atoms with Crippen molar-refractivity contribution in [1.82, 2.24) is 9.97 Å². The fourth-order valence-corrected chi connectivity index (χ4v) is 6.03. The van der Waals surface area contributed by atoms with Gasteiger partial charge in [-0.1, -0.05) is 54.6 Å². The Labute approximate surface area is 191 Å². The zero-order valence-corrected chi connectivity index (χ0v) is 17.9. The molecule has 0 spiro atoms. The van der Waals surface area contributed by atoms with Crippen LogP contribution in [0.2, 0.25) is 0 Å². The van der Waals surface area contributed by atoms with E-state index in [9.17, 15) is 10.5 Å². The number of aromatic nitrogens is 2. The van der Waals surface area contributed by atoms with Crippen molar-refractivity contribution >= 4 is 74.9 Å². The van der Waals surface area contributed by atoms with Crippen LogP contribution in [-0.2, 0) is 0 Å². The molecule has 0 aliphatic rings. The van der Waals surface area contributed by atoms with E-state index in [0.29, 0.717) is 11.0 Å². The van der Waals surface area contributed by atoms with E-state index < -0.39 is 0 Å². The Hall–Kier alpha value is -4.58. The molecule has 0 amide bonds. The van der Waals surface area contributed by atoms with E-state index in [0.717, 1.165) is 37.0 Å². The van der Waals surface area contributed by atoms with Gasteiger partial charge >= 0.3 is 0 Å². The first kappa shape index (κ1) is 18.0. The predicted molar refractivity (Wildman–Crippen MR) is 134 cm³/mol. The number of nitriles is 2. The van der Waals surface area contributed by atoms with Gasteiger partial charge in [0.1, 0.15) is 12.1 Å². The highest BCUT2D eigenvalue weighted by Gasteiger charge is 2.18. The van der Waals surface area contributed by atoms with E-state index in [-0.39, 0.29) is 11.4 Å². The van der Waals surface area contributed by atoms with Crippen molar-refractivity contribution in [3.8, 4) is 12.1 Å². The topological polar surface area (TPSA) is 73.4 Å². The second kappa shape index (κ2) is 6.46. The van der Waals surface area contributed by atoms with Crippen LogP contribution in [0.15, 0.2) is 72.8 Å². The lowest BCUT2D eigenvalue weighted by Crippen LogP contribution is -1.97. The molecule has 5 aromatic carbocycles. The highest BCUT2D eigenvalue weighted by atomic mass is 32.1. The number of hydrogen-bond donors (Lipinski definition) is 0. The number of hydrogen-bond acceptors (Lipinski definition) is 5. The summed E-state index contributed by atoms with van der Waals surface area (Å²) < 4.78 is 2.39. The van der Waals surface area contributed by atoms with E-state index in [4.69, 9.17) is 0 Å². The van der Waals surface area contributed by atoms with E-state index in [1.54, 1.807) is 11.3 Å². The van der Waals surface area contributed by atoms with Crippen LogP contribution >= 0.6 is 11.3 Å². The molecule has 2 heterocycles. The summed E-state index contributed by atoms with van der Waals surface area (Å²) in [6.45, 7) is 0. The molecule has 7 aromatic rings. The quantitative estimate of drug-likeness (QED) is 0.236. The second-order valence-electron chi connectivity index (χ2n) is 8.04. The summed E-state index contributed by atoms with van der Waals surface area (Å²) in [5.74, 6) is 0. The Kier molecular flexibility index (Phi) is 3.53. The van der Waals surface area contributed by atoms with Crippen LogP contribution in [0.25, 0.3) is 63.5 Å². The summed E-state index contributed by atoms with van der Waals surface area (Å²) in [6, 6.07) is 29.4. The zero-order chi connectivity index (χ0) is 22.1. The van der Waals surface area contributed by atoms with Gasteiger partial charge in [-0.15, -0.1) is 11.3 Å². The number of fused-ring (bicyclic) bond motifs is 11. The molecule has 33 heavy (non-hydrogen) atoms. The molecular formula is C28H12N4S. The molecule has 0 saturated carbocycles. The Bertz CT molecular complexity index is 2060. The molecule has 7 rings (SSSR count). The highest BCUT2D eigenvalue weighted by molar-refractivity contribution is 7.25. The molecule has 0 bridgehead atoms. The molecule has 0 radical (unpaired) electrons. The molecule has 0 saturated heterocycles. The summed E-state index contributed by atoms with van der Waals surface area (Å²) >= 11 is 1.75. The SMILES string of the molecule is N#Cc1nc2c3cc4sc5ccccc5c4cc3c3c4ccccc4ccc3c2nc1C#N. The summed E-state index contributed by atoms with van der Waals surface area (Å²) in [5.41, 5.74) is 1.42. The lowest BCUT2D eigenvalue weighted by Gasteiger charge is -2.12. The van der Waals surface area contributed by atoms with Gasteiger partial charge in [0, 0.05) is 30.9 Å². The lowest BCUT2D eigenvalue weighted by atomic mass is 9.93. The molecule has 5 heteroatoms. The van der Waals surface area contributed by atoms with Crippen LogP contribution in [0.1, 0.15) is 11.4 Å². The average Bonchev–Trinajstić information content (AvgIpc) is 3.24. The van der Waals surface area contributed by atoms with Crippen LogP contribution < -0.4 is 0 Å². The summed E-state index contributed by atoms with van der Waals surface area (Å²) in [7, 11) is 0. The second-order valence-corrected chi connectivity index (χ2v) is 9.13. The van der Waals surface area contributed by atoms with Crippen LogP contribution in [0.5, 0.6) is 0 Å². The van der Waals surface area contributed by atoms with Gasteiger partial charge in [-0.25, -0.2) is 9.97 Å². The molecule has 150 valence electrons. The maximum Gasteiger partial charge on any atom is 0.177 e. The number of nitrogens with zero attached hydrogens (tertiary/aromatic N) is 4. The molecule has 0 unspecified atom stereocenters. The van der Waals surface area contributed by atoms with Crippen molar-refractivity contribution in [2.45, 2.75) is 0 Å². The van der Waals surface area contributed by atoms with E-state index in [1.807, 2.05) is 24.3 Å². The monoisotopic (exact) mass is 436 g/mol. The minimum Gasteiger partial charge on any atom is -0.232 e. The molecule has 0 aliphatic heterocycles. The number of rotatable bonds is 0. The minimum atomic E-state index is 0.0572. The van der Waals surface area contributed by atoms with Crippen molar-refractivity contribution in [3.05, 3.63) is 84.2 Å². The maximum atomic E-state index is 9.60. The first-order valence-electron chi connectivity index (χ1n) is 10.5. The number of thiophene rings is 1. The van der Waals surface area contributed by atoms with Gasteiger partial charge in [0.05, 0.1) is 11.0 Å². The molecule has 2 aromatic heterocycles. The highest BCUT2D eigenvalue weighted by Crippen LogP contribution is 2.42. The third kappa shape index (κ3) is 2.37. The van der Waals surface area contributed by atoms with Crippen molar-refractivity contribution in [2.75, 3.05) is 0 Å². The van der Waals surface area contributed by atoms with Gasteiger partial charge in [0.15, 0.2) is 11.4 Å². The summed E-state index contributed by atoms with van der Waals surface area (Å²) in [4.78, 5) is 9.27. The van der Waals surface area contributed by atoms with Gasteiger partial charge in [-0.2, -0.15) is 10.5 Å². The molecule has 0 atom stereocenters. The van der Waals surface area contributed by atoms with Crippen LogP contribution in [-0.4, -0.2) is 9.97 Å². The van der Waals surface area contributed by atoms with E-state index in [1.165, 1.54) is 15.5 Å². The number of benzene rings is 5. The van der Waals surface area contributed by atoms with E-state index in [2.05, 4.69) is 70.6 Å². The van der Waals surface area contributed by atoms with Crippen molar-refractivity contribution in [2.24, 2.45) is 0 Å². The third-order valence-electron chi connectivity index (χ3n) is 6.33. The zero-order valence-electron chi connectivity index (χ0n) is 17.1. The van der Waals surface area contributed by atoms with Gasteiger partial charge in [0.25, 0.3) is 0 Å². The van der Waals surface area contributed by atoms with Crippen molar-refractivity contribution in [1.29, 1.82) is 10.5 Å². The fraction of sp³-hybridized carbons (Fsp3) is 0. The van der Waals surface area contributed by atoms with E-state index >= 15 is 0 Å². The lowest BCUT2D eigenvalue weighted by molar-refractivity contribution is 1.21. The molecule has 4 nitrogen and oxygen atoms in total. The fourth-order valence-electron chi connectivity index (χ4n) is 4.90. The molecular weight excluding hydrogens is 424 g/mol. The summed E-state index contributed by atoms with van der Waals surface area (Å²) in [5, 5.41) is 27.9. The largest absolute Gasteiger partial charge is 0.232 e. The smallest absolute Gasteiger partial charge is 0.177 e. The first-order chi connectivity index (χ1) is 16.3. The standard InChI is InChI=1S/C28H12N4S/c29-13-22-23(14-30)32-28-21-12-25-19(17-7-3-4-8-24(17)33-25)11-20(21)26-16-6-2-1-5-15(16)9-10-18(26)27(28)31-22/h1-12H. The van der Waals surface area contributed by atoms with Crippen molar-refractivity contribution in [3.63, 3.8) is 0 Å². The normalized spacial score (nSPS) is 11.6. The maximum absolute atomic E-state index is 9.60. The Balaban J connectivity index is 1.84. The molecule has 0 N–H and O–H groups in total. The van der Waals surface area contributed by atoms with Crippen LogP contribution in [0, 0.1) is 22.7 Å². The Morgan fingerprint density at radius 2 is 1.27 bits per heavy atom. The Morgan fingerprint density at radius 3 is 2.06 bits per heavy atom. The van der Waals surface area contributed by atoms with Crippen LogP contribution in [0.3, 0.4) is 0 Å². The molecule has 0 aliphatic carbocycles. The molecule has 0 fully saturated rings. The van der Waals surface area contributed by atoms with Crippen LogP contribution in [0.4, 0.5) is 0 Å². The van der Waals surface area contributed by atoms with Gasteiger partial charge in [-0.3, -0.25) is 0 Å². The first-order valence-corrected chi connectivity index (χ1v) is 11.3. The van der Waals surface area contributed by atoms with Gasteiger partial charge < -0.3 is 0 Å². The third-order valence-corrected chi connectivity index (χ3v) is 7.47.